The molecule has 0 aliphatic carbocycles. The lowest BCUT2D eigenvalue weighted by atomic mass is 10.00. The molecule has 0 spiro atoms. The molecular weight excluding hydrogens is 336 g/mol. The SMILES string of the molecule is CCC1CCCCN1CC(=O)NCc1c(C)nn(Cc2ccccc2)c1C. The summed E-state index contributed by atoms with van der Waals surface area (Å²) in [6.45, 7) is 9.18. The Morgan fingerprint density at radius 1 is 1.22 bits per heavy atom. The lowest BCUT2D eigenvalue weighted by molar-refractivity contribution is -0.123. The molecule has 1 fully saturated rings. The summed E-state index contributed by atoms with van der Waals surface area (Å²) in [4.78, 5) is 14.8. The van der Waals surface area contributed by atoms with E-state index in [1.165, 1.54) is 24.8 Å². The fraction of sp³-hybridized carbons (Fsp3) is 0.545. The second-order valence-corrected chi connectivity index (χ2v) is 7.60. The van der Waals surface area contributed by atoms with Gasteiger partial charge >= 0.3 is 0 Å². The van der Waals surface area contributed by atoms with Crippen LogP contribution in [0, 0.1) is 13.8 Å². The van der Waals surface area contributed by atoms with Crippen LogP contribution in [0.5, 0.6) is 0 Å². The van der Waals surface area contributed by atoms with E-state index in [1.807, 2.05) is 29.8 Å². The highest BCUT2D eigenvalue weighted by atomic mass is 16.2. The van der Waals surface area contributed by atoms with Crippen LogP contribution >= 0.6 is 0 Å². The van der Waals surface area contributed by atoms with Crippen LogP contribution in [0.1, 0.15) is 55.1 Å². The first-order chi connectivity index (χ1) is 13.1. The minimum Gasteiger partial charge on any atom is -0.351 e. The molecule has 1 aliphatic rings. The Hall–Kier alpha value is -2.14. The normalized spacial score (nSPS) is 17.8. The Morgan fingerprint density at radius 2 is 2.00 bits per heavy atom. The van der Waals surface area contributed by atoms with Gasteiger partial charge in [-0.1, -0.05) is 43.7 Å². The minimum absolute atomic E-state index is 0.116. The molecule has 0 saturated carbocycles. The van der Waals surface area contributed by atoms with Gasteiger partial charge in [-0.15, -0.1) is 0 Å². The number of hydrogen-bond donors (Lipinski definition) is 1. The average molecular weight is 369 g/mol. The third-order valence-corrected chi connectivity index (χ3v) is 5.74. The molecule has 1 atom stereocenters. The first kappa shape index (κ1) is 19.6. The second-order valence-electron chi connectivity index (χ2n) is 7.60. The number of benzene rings is 1. The third-order valence-electron chi connectivity index (χ3n) is 5.74. The number of carbonyl (C=O) groups is 1. The molecule has 0 bridgehead atoms. The maximum Gasteiger partial charge on any atom is 0.234 e. The number of piperidine rings is 1. The standard InChI is InChI=1S/C22H32N4O/c1-4-20-12-8-9-13-25(20)16-22(27)23-14-21-17(2)24-26(18(21)3)15-19-10-6-5-7-11-19/h5-7,10-11,20H,4,8-9,12-16H2,1-3H3,(H,23,27). The number of carbonyl (C=O) groups excluding carboxylic acids is 1. The second kappa shape index (κ2) is 9.18. The summed E-state index contributed by atoms with van der Waals surface area (Å²) < 4.78 is 2.03. The van der Waals surface area contributed by atoms with Crippen molar-refractivity contribution in [3.8, 4) is 0 Å². The number of rotatable bonds is 7. The van der Waals surface area contributed by atoms with E-state index in [2.05, 4.69) is 41.3 Å². The molecule has 1 aliphatic heterocycles. The number of hydrogen-bond acceptors (Lipinski definition) is 3. The van der Waals surface area contributed by atoms with Crippen LogP contribution in [-0.4, -0.2) is 39.7 Å². The van der Waals surface area contributed by atoms with Gasteiger partial charge in [0.2, 0.25) is 5.91 Å². The number of likely N-dealkylation sites (tertiary alicyclic amines) is 1. The quantitative estimate of drug-likeness (QED) is 0.815. The summed E-state index contributed by atoms with van der Waals surface area (Å²) in [6, 6.07) is 10.9. The molecule has 0 radical (unpaired) electrons. The molecule has 1 unspecified atom stereocenters. The van der Waals surface area contributed by atoms with E-state index < -0.39 is 0 Å². The molecular formula is C22H32N4O. The van der Waals surface area contributed by atoms with Crippen LogP contribution in [0.15, 0.2) is 30.3 Å². The molecule has 2 heterocycles. The zero-order valence-corrected chi connectivity index (χ0v) is 16.9. The average Bonchev–Trinajstić information content (AvgIpc) is 2.94. The largest absolute Gasteiger partial charge is 0.351 e. The number of aryl methyl sites for hydroxylation is 1. The molecule has 1 saturated heterocycles. The maximum absolute atomic E-state index is 12.5. The Bertz CT molecular complexity index is 753. The number of aromatic nitrogens is 2. The van der Waals surface area contributed by atoms with Gasteiger partial charge < -0.3 is 5.32 Å². The highest BCUT2D eigenvalue weighted by molar-refractivity contribution is 5.78. The van der Waals surface area contributed by atoms with Crippen LogP contribution in [0.2, 0.25) is 0 Å². The summed E-state index contributed by atoms with van der Waals surface area (Å²) in [7, 11) is 0. The lowest BCUT2D eigenvalue weighted by Gasteiger charge is -2.34. The number of nitrogens with one attached hydrogen (secondary N) is 1. The molecule has 2 aromatic rings. The van der Waals surface area contributed by atoms with Gasteiger partial charge in [-0.25, -0.2) is 0 Å². The van der Waals surface area contributed by atoms with Gasteiger partial charge in [0.1, 0.15) is 0 Å². The molecule has 27 heavy (non-hydrogen) atoms. The monoisotopic (exact) mass is 368 g/mol. The summed E-state index contributed by atoms with van der Waals surface area (Å²) in [5.41, 5.74) is 4.48. The van der Waals surface area contributed by atoms with E-state index in [0.29, 0.717) is 19.1 Å². The topological polar surface area (TPSA) is 50.2 Å². The van der Waals surface area contributed by atoms with Crippen LogP contribution in [0.4, 0.5) is 0 Å². The van der Waals surface area contributed by atoms with E-state index in [1.54, 1.807) is 0 Å². The zero-order valence-electron chi connectivity index (χ0n) is 16.9. The maximum atomic E-state index is 12.5. The summed E-state index contributed by atoms with van der Waals surface area (Å²) >= 11 is 0. The molecule has 5 heteroatoms. The smallest absolute Gasteiger partial charge is 0.234 e. The van der Waals surface area contributed by atoms with Crippen molar-refractivity contribution >= 4 is 5.91 Å². The molecule has 5 nitrogen and oxygen atoms in total. The fourth-order valence-corrected chi connectivity index (χ4v) is 4.06. The van der Waals surface area contributed by atoms with Gasteiger partial charge in [-0.3, -0.25) is 14.4 Å². The van der Waals surface area contributed by atoms with Gasteiger partial charge in [0, 0.05) is 23.8 Å². The van der Waals surface area contributed by atoms with Crippen LogP contribution in [0.25, 0.3) is 0 Å². The van der Waals surface area contributed by atoms with Gasteiger partial charge in [0.25, 0.3) is 0 Å². The van der Waals surface area contributed by atoms with Crippen molar-refractivity contribution in [3.63, 3.8) is 0 Å². The molecule has 1 amide bonds. The predicted octanol–water partition coefficient (Wildman–Crippen LogP) is 3.43. The highest BCUT2D eigenvalue weighted by Gasteiger charge is 2.23. The first-order valence-electron chi connectivity index (χ1n) is 10.2. The molecule has 1 aromatic carbocycles. The van der Waals surface area contributed by atoms with Crippen molar-refractivity contribution in [2.45, 2.75) is 65.6 Å². The van der Waals surface area contributed by atoms with Gasteiger partial charge in [0.15, 0.2) is 0 Å². The van der Waals surface area contributed by atoms with Crippen molar-refractivity contribution in [3.05, 3.63) is 52.8 Å². The third kappa shape index (κ3) is 4.98. The lowest BCUT2D eigenvalue weighted by Crippen LogP contribution is -2.45. The van der Waals surface area contributed by atoms with Crippen LogP contribution < -0.4 is 5.32 Å². The van der Waals surface area contributed by atoms with Gasteiger partial charge in [-0.2, -0.15) is 5.10 Å². The summed E-state index contributed by atoms with van der Waals surface area (Å²) in [5, 5.41) is 7.80. The van der Waals surface area contributed by atoms with Crippen molar-refractivity contribution in [1.29, 1.82) is 0 Å². The van der Waals surface area contributed by atoms with Gasteiger partial charge in [0.05, 0.1) is 18.8 Å². The van der Waals surface area contributed by atoms with E-state index in [-0.39, 0.29) is 5.91 Å². The van der Waals surface area contributed by atoms with Crippen molar-refractivity contribution in [2.75, 3.05) is 13.1 Å². The van der Waals surface area contributed by atoms with E-state index in [4.69, 9.17) is 0 Å². The van der Waals surface area contributed by atoms with Gasteiger partial charge in [-0.05, 0) is 45.2 Å². The van der Waals surface area contributed by atoms with Crippen molar-refractivity contribution in [1.82, 2.24) is 20.0 Å². The molecule has 3 rings (SSSR count). The highest BCUT2D eigenvalue weighted by Crippen LogP contribution is 2.19. The van der Waals surface area contributed by atoms with Crippen molar-refractivity contribution in [2.24, 2.45) is 0 Å². The number of nitrogens with zero attached hydrogens (tertiary/aromatic N) is 3. The first-order valence-corrected chi connectivity index (χ1v) is 10.2. The Labute approximate surface area is 162 Å². The van der Waals surface area contributed by atoms with Crippen LogP contribution in [0.3, 0.4) is 0 Å². The molecule has 1 N–H and O–H groups in total. The Balaban J connectivity index is 1.58. The Morgan fingerprint density at radius 3 is 2.74 bits per heavy atom. The fourth-order valence-electron chi connectivity index (χ4n) is 4.06. The zero-order chi connectivity index (χ0) is 19.2. The molecule has 1 aromatic heterocycles. The van der Waals surface area contributed by atoms with Crippen LogP contribution in [-0.2, 0) is 17.9 Å². The van der Waals surface area contributed by atoms with E-state index in [0.717, 1.165) is 36.5 Å². The van der Waals surface area contributed by atoms with E-state index in [9.17, 15) is 4.79 Å². The summed E-state index contributed by atoms with van der Waals surface area (Å²) in [6.07, 6.45) is 4.83. The summed E-state index contributed by atoms with van der Waals surface area (Å²) in [5.74, 6) is 0.116. The Kier molecular flexibility index (Phi) is 6.67. The minimum atomic E-state index is 0.116. The van der Waals surface area contributed by atoms with E-state index >= 15 is 0 Å². The number of amides is 1. The van der Waals surface area contributed by atoms with Crippen molar-refractivity contribution < 1.29 is 4.79 Å². The predicted molar refractivity (Wildman–Crippen MR) is 109 cm³/mol. The molecule has 146 valence electrons.